The lowest BCUT2D eigenvalue weighted by Gasteiger charge is -2.09. The summed E-state index contributed by atoms with van der Waals surface area (Å²) in [6.45, 7) is 4.14. The third-order valence-corrected chi connectivity index (χ3v) is 3.50. The number of carbonyl (C=O) groups excluding carboxylic acids is 1. The molecule has 0 radical (unpaired) electrons. The summed E-state index contributed by atoms with van der Waals surface area (Å²) >= 11 is 0. The maximum Gasteiger partial charge on any atom is 0.240 e. The largest absolute Gasteiger partial charge is 0.351 e. The molecule has 4 nitrogen and oxygen atoms in total. The number of para-hydroxylation sites is 2. The van der Waals surface area contributed by atoms with Crippen LogP contribution in [-0.2, 0) is 11.3 Å². The van der Waals surface area contributed by atoms with Gasteiger partial charge in [0.1, 0.15) is 18.2 Å². The van der Waals surface area contributed by atoms with Gasteiger partial charge in [-0.15, -0.1) is 6.58 Å². The monoisotopic (exact) mass is 309 g/mol. The van der Waals surface area contributed by atoms with Gasteiger partial charge in [0.2, 0.25) is 5.91 Å². The molecule has 116 valence electrons. The molecular weight excluding hydrogens is 293 g/mol. The zero-order valence-electron chi connectivity index (χ0n) is 12.5. The van der Waals surface area contributed by atoms with E-state index in [1.165, 1.54) is 12.1 Å². The molecule has 1 aromatic heterocycles. The van der Waals surface area contributed by atoms with Gasteiger partial charge in [-0.05, 0) is 36.4 Å². The van der Waals surface area contributed by atoms with E-state index in [1.807, 2.05) is 28.8 Å². The third-order valence-electron chi connectivity index (χ3n) is 3.50. The molecule has 1 amide bonds. The van der Waals surface area contributed by atoms with E-state index in [1.54, 1.807) is 18.2 Å². The fourth-order valence-electron chi connectivity index (χ4n) is 2.44. The van der Waals surface area contributed by atoms with E-state index in [4.69, 9.17) is 0 Å². The minimum absolute atomic E-state index is 0.128. The summed E-state index contributed by atoms with van der Waals surface area (Å²) in [5.74, 6) is 0.205. The summed E-state index contributed by atoms with van der Waals surface area (Å²) in [6.07, 6.45) is 1.63. The molecule has 0 aliphatic rings. The molecule has 0 aliphatic carbocycles. The maximum atomic E-state index is 13.2. The van der Waals surface area contributed by atoms with Crippen molar-refractivity contribution in [1.82, 2.24) is 14.9 Å². The second-order valence-electron chi connectivity index (χ2n) is 5.11. The van der Waals surface area contributed by atoms with Gasteiger partial charge in [0.05, 0.1) is 11.0 Å². The summed E-state index contributed by atoms with van der Waals surface area (Å²) < 4.78 is 15.0. The van der Waals surface area contributed by atoms with E-state index in [9.17, 15) is 9.18 Å². The van der Waals surface area contributed by atoms with Gasteiger partial charge in [0.25, 0.3) is 0 Å². The van der Waals surface area contributed by atoms with Gasteiger partial charge in [-0.3, -0.25) is 4.79 Å². The van der Waals surface area contributed by atoms with Crippen LogP contribution >= 0.6 is 0 Å². The Kier molecular flexibility index (Phi) is 4.19. The molecule has 0 spiro atoms. The van der Waals surface area contributed by atoms with E-state index in [-0.39, 0.29) is 18.3 Å². The number of nitrogens with one attached hydrogen (secondary N) is 1. The van der Waals surface area contributed by atoms with Crippen LogP contribution in [-0.4, -0.2) is 22.0 Å². The highest BCUT2D eigenvalue weighted by molar-refractivity contribution is 5.84. The zero-order valence-corrected chi connectivity index (χ0v) is 12.5. The fourth-order valence-corrected chi connectivity index (χ4v) is 2.44. The molecule has 3 rings (SSSR count). The SMILES string of the molecule is C=CCNC(=O)Cn1c(-c2ccc(F)cc2)nc2ccccc21. The quantitative estimate of drug-likeness (QED) is 0.736. The average Bonchev–Trinajstić information content (AvgIpc) is 2.92. The molecule has 1 N–H and O–H groups in total. The van der Waals surface area contributed by atoms with Gasteiger partial charge in [-0.2, -0.15) is 0 Å². The molecule has 0 saturated heterocycles. The number of hydrogen-bond donors (Lipinski definition) is 1. The van der Waals surface area contributed by atoms with E-state index >= 15 is 0 Å². The first-order valence-corrected chi connectivity index (χ1v) is 7.28. The van der Waals surface area contributed by atoms with Crippen LogP contribution in [0, 0.1) is 5.82 Å². The van der Waals surface area contributed by atoms with Crippen LogP contribution in [0.1, 0.15) is 0 Å². The number of benzene rings is 2. The Hall–Kier alpha value is -2.95. The second-order valence-corrected chi connectivity index (χ2v) is 5.11. The van der Waals surface area contributed by atoms with Crippen LogP contribution in [0.5, 0.6) is 0 Å². The van der Waals surface area contributed by atoms with Crippen LogP contribution in [0.25, 0.3) is 22.4 Å². The predicted octanol–water partition coefficient (Wildman–Crippen LogP) is 3.14. The maximum absolute atomic E-state index is 13.2. The first-order chi connectivity index (χ1) is 11.2. The van der Waals surface area contributed by atoms with Crippen molar-refractivity contribution < 1.29 is 9.18 Å². The van der Waals surface area contributed by atoms with Gasteiger partial charge in [0, 0.05) is 12.1 Å². The van der Waals surface area contributed by atoms with Crippen LogP contribution < -0.4 is 5.32 Å². The molecule has 0 saturated carbocycles. The third kappa shape index (κ3) is 3.13. The zero-order chi connectivity index (χ0) is 16.2. The van der Waals surface area contributed by atoms with E-state index in [0.717, 1.165) is 16.6 Å². The predicted molar refractivity (Wildman–Crippen MR) is 88.3 cm³/mol. The number of aromatic nitrogens is 2. The summed E-state index contributed by atoms with van der Waals surface area (Å²) in [5, 5.41) is 2.76. The molecule has 0 fully saturated rings. The van der Waals surface area contributed by atoms with Gasteiger partial charge in [-0.25, -0.2) is 9.37 Å². The summed E-state index contributed by atoms with van der Waals surface area (Å²) in [7, 11) is 0. The van der Waals surface area contributed by atoms with Gasteiger partial charge >= 0.3 is 0 Å². The number of hydrogen-bond acceptors (Lipinski definition) is 2. The standard InChI is InChI=1S/C18H16FN3O/c1-2-11-20-17(23)12-22-16-6-4-3-5-15(16)21-18(22)13-7-9-14(19)10-8-13/h2-10H,1,11-12H2,(H,20,23). The molecule has 0 unspecified atom stereocenters. The lowest BCUT2D eigenvalue weighted by molar-refractivity contribution is -0.121. The molecule has 3 aromatic rings. The number of carbonyl (C=O) groups is 1. The highest BCUT2D eigenvalue weighted by Gasteiger charge is 2.14. The number of amides is 1. The lowest BCUT2D eigenvalue weighted by atomic mass is 10.2. The molecule has 0 atom stereocenters. The minimum Gasteiger partial charge on any atom is -0.351 e. The van der Waals surface area contributed by atoms with Crippen molar-refractivity contribution in [1.29, 1.82) is 0 Å². The van der Waals surface area contributed by atoms with Gasteiger partial charge < -0.3 is 9.88 Å². The number of rotatable bonds is 5. The first-order valence-electron chi connectivity index (χ1n) is 7.28. The average molecular weight is 309 g/mol. The van der Waals surface area contributed by atoms with Crippen LogP contribution in [0.4, 0.5) is 4.39 Å². The van der Waals surface area contributed by atoms with Crippen molar-refractivity contribution in [2.75, 3.05) is 6.54 Å². The normalized spacial score (nSPS) is 10.7. The smallest absolute Gasteiger partial charge is 0.240 e. The summed E-state index contributed by atoms with van der Waals surface area (Å²) in [6, 6.07) is 13.7. The van der Waals surface area contributed by atoms with Crippen molar-refractivity contribution in [2.24, 2.45) is 0 Å². The van der Waals surface area contributed by atoms with Crippen molar-refractivity contribution in [2.45, 2.75) is 6.54 Å². The highest BCUT2D eigenvalue weighted by Crippen LogP contribution is 2.24. The van der Waals surface area contributed by atoms with Crippen LogP contribution in [0.2, 0.25) is 0 Å². The Labute approximate surface area is 133 Å². The van der Waals surface area contributed by atoms with Crippen LogP contribution in [0.15, 0.2) is 61.2 Å². The Balaban J connectivity index is 2.05. The summed E-state index contributed by atoms with van der Waals surface area (Å²) in [4.78, 5) is 16.7. The Morgan fingerprint density at radius 2 is 1.96 bits per heavy atom. The Bertz CT molecular complexity index is 852. The Morgan fingerprint density at radius 1 is 1.22 bits per heavy atom. The molecule has 0 aliphatic heterocycles. The number of imidazole rings is 1. The van der Waals surface area contributed by atoms with E-state index in [2.05, 4.69) is 16.9 Å². The molecule has 1 heterocycles. The summed E-state index contributed by atoms with van der Waals surface area (Å²) in [5.41, 5.74) is 2.42. The van der Waals surface area contributed by atoms with E-state index in [0.29, 0.717) is 12.4 Å². The molecular formula is C18H16FN3O. The van der Waals surface area contributed by atoms with Gasteiger partial charge in [0.15, 0.2) is 0 Å². The second kappa shape index (κ2) is 6.44. The number of nitrogens with zero attached hydrogens (tertiary/aromatic N) is 2. The van der Waals surface area contributed by atoms with Crippen molar-refractivity contribution in [3.63, 3.8) is 0 Å². The molecule has 5 heteroatoms. The lowest BCUT2D eigenvalue weighted by Crippen LogP contribution is -2.27. The number of halogens is 1. The molecule has 0 bridgehead atoms. The van der Waals surface area contributed by atoms with E-state index < -0.39 is 0 Å². The Morgan fingerprint density at radius 3 is 2.70 bits per heavy atom. The van der Waals surface area contributed by atoms with Crippen molar-refractivity contribution >= 4 is 16.9 Å². The topological polar surface area (TPSA) is 46.9 Å². The number of fused-ring (bicyclic) bond motifs is 1. The first kappa shape index (κ1) is 15.0. The van der Waals surface area contributed by atoms with Crippen LogP contribution in [0.3, 0.4) is 0 Å². The fraction of sp³-hybridized carbons (Fsp3) is 0.111. The minimum atomic E-state index is -0.305. The van der Waals surface area contributed by atoms with Crippen molar-refractivity contribution in [3.8, 4) is 11.4 Å². The molecule has 2 aromatic carbocycles. The highest BCUT2D eigenvalue weighted by atomic mass is 19.1. The van der Waals surface area contributed by atoms with Gasteiger partial charge in [-0.1, -0.05) is 18.2 Å². The van der Waals surface area contributed by atoms with Crippen molar-refractivity contribution in [3.05, 3.63) is 67.0 Å². The molecule has 23 heavy (non-hydrogen) atoms.